The smallest absolute Gasteiger partial charge is 0.236 e. The van der Waals surface area contributed by atoms with Crippen LogP contribution in [0.25, 0.3) is 0 Å². The molecule has 2 heterocycles. The Hall–Kier alpha value is -1.66. The first-order chi connectivity index (χ1) is 11.1. The van der Waals surface area contributed by atoms with Crippen molar-refractivity contribution in [3.05, 3.63) is 30.1 Å². The second-order valence-electron chi connectivity index (χ2n) is 6.40. The first-order valence-corrected chi connectivity index (χ1v) is 8.31. The second-order valence-corrected chi connectivity index (χ2v) is 6.40. The number of para-hydroxylation sites is 1. The number of carbonyl (C=O) groups is 1. The zero-order valence-electron chi connectivity index (χ0n) is 13.7. The van der Waals surface area contributed by atoms with E-state index in [1.165, 1.54) is 6.07 Å². The van der Waals surface area contributed by atoms with Gasteiger partial charge >= 0.3 is 0 Å². The van der Waals surface area contributed by atoms with Gasteiger partial charge in [0.25, 0.3) is 0 Å². The summed E-state index contributed by atoms with van der Waals surface area (Å²) in [6.45, 7) is 7.15. The minimum absolute atomic E-state index is 0.172. The number of halogens is 1. The van der Waals surface area contributed by atoms with E-state index in [-0.39, 0.29) is 11.7 Å². The molecule has 0 unspecified atom stereocenters. The van der Waals surface area contributed by atoms with Crippen LogP contribution in [0, 0.1) is 5.82 Å². The van der Waals surface area contributed by atoms with Crippen LogP contribution in [0.5, 0.6) is 0 Å². The van der Waals surface area contributed by atoms with Crippen molar-refractivity contribution in [1.82, 2.24) is 14.7 Å². The van der Waals surface area contributed by atoms with Crippen molar-refractivity contribution in [2.24, 2.45) is 0 Å². The molecule has 5 nitrogen and oxygen atoms in total. The lowest BCUT2D eigenvalue weighted by atomic mass is 10.2. The summed E-state index contributed by atoms with van der Waals surface area (Å²) in [4.78, 5) is 20.8. The summed E-state index contributed by atoms with van der Waals surface area (Å²) in [7, 11) is 2.09. The number of hydrogen-bond donors (Lipinski definition) is 0. The van der Waals surface area contributed by atoms with E-state index in [9.17, 15) is 9.18 Å². The van der Waals surface area contributed by atoms with Crippen LogP contribution in [0.15, 0.2) is 24.3 Å². The topological polar surface area (TPSA) is 30.0 Å². The third-order valence-corrected chi connectivity index (χ3v) is 4.78. The van der Waals surface area contributed by atoms with Crippen LogP contribution in [-0.4, -0.2) is 86.6 Å². The SMILES string of the molecule is CN1CCN(C(=O)CN2CCN(c3ccccc3F)CC2)CC1. The Labute approximate surface area is 137 Å². The molecular weight excluding hydrogens is 295 g/mol. The van der Waals surface area contributed by atoms with Crippen LogP contribution in [0.4, 0.5) is 10.1 Å². The molecule has 126 valence electrons. The van der Waals surface area contributed by atoms with Crippen molar-refractivity contribution in [1.29, 1.82) is 0 Å². The summed E-state index contributed by atoms with van der Waals surface area (Å²) in [5.74, 6) is 0.0481. The number of rotatable bonds is 3. The monoisotopic (exact) mass is 320 g/mol. The summed E-state index contributed by atoms with van der Waals surface area (Å²) in [5, 5.41) is 0. The van der Waals surface area contributed by atoms with Crippen molar-refractivity contribution in [2.75, 3.05) is 70.9 Å². The predicted octanol–water partition coefficient (Wildman–Crippen LogP) is 0.722. The Morgan fingerprint density at radius 2 is 1.65 bits per heavy atom. The van der Waals surface area contributed by atoms with E-state index < -0.39 is 0 Å². The molecule has 2 saturated heterocycles. The van der Waals surface area contributed by atoms with Crippen molar-refractivity contribution in [3.8, 4) is 0 Å². The molecule has 2 fully saturated rings. The van der Waals surface area contributed by atoms with Gasteiger partial charge in [0.1, 0.15) is 5.82 Å². The normalized spacial score (nSPS) is 20.8. The number of anilines is 1. The van der Waals surface area contributed by atoms with E-state index in [1.54, 1.807) is 6.07 Å². The van der Waals surface area contributed by atoms with Gasteiger partial charge in [0.05, 0.1) is 12.2 Å². The number of amides is 1. The summed E-state index contributed by atoms with van der Waals surface area (Å²) in [5.41, 5.74) is 0.664. The van der Waals surface area contributed by atoms with Gasteiger partial charge in [0, 0.05) is 52.4 Å². The molecule has 1 aromatic rings. The molecule has 1 aromatic carbocycles. The molecule has 6 heteroatoms. The van der Waals surface area contributed by atoms with Gasteiger partial charge in [0.2, 0.25) is 5.91 Å². The van der Waals surface area contributed by atoms with Crippen LogP contribution in [-0.2, 0) is 4.79 Å². The Bertz CT molecular complexity index is 537. The molecule has 0 atom stereocenters. The highest BCUT2D eigenvalue weighted by molar-refractivity contribution is 5.78. The van der Waals surface area contributed by atoms with Crippen molar-refractivity contribution in [3.63, 3.8) is 0 Å². The fraction of sp³-hybridized carbons (Fsp3) is 0.588. The Kier molecular flexibility index (Phi) is 5.13. The largest absolute Gasteiger partial charge is 0.367 e. The quantitative estimate of drug-likeness (QED) is 0.821. The van der Waals surface area contributed by atoms with Gasteiger partial charge in [-0.1, -0.05) is 12.1 Å². The lowest BCUT2D eigenvalue weighted by Crippen LogP contribution is -2.53. The van der Waals surface area contributed by atoms with E-state index in [4.69, 9.17) is 0 Å². The van der Waals surface area contributed by atoms with Gasteiger partial charge in [-0.2, -0.15) is 0 Å². The van der Waals surface area contributed by atoms with Crippen molar-refractivity contribution >= 4 is 11.6 Å². The summed E-state index contributed by atoms with van der Waals surface area (Å²) in [6, 6.07) is 6.89. The summed E-state index contributed by atoms with van der Waals surface area (Å²) < 4.78 is 13.8. The highest BCUT2D eigenvalue weighted by atomic mass is 19.1. The lowest BCUT2D eigenvalue weighted by molar-refractivity contribution is -0.134. The first-order valence-electron chi connectivity index (χ1n) is 8.31. The predicted molar refractivity (Wildman–Crippen MR) is 89.1 cm³/mol. The fourth-order valence-electron chi connectivity index (χ4n) is 3.20. The maximum atomic E-state index is 13.8. The van der Waals surface area contributed by atoms with Crippen molar-refractivity contribution < 1.29 is 9.18 Å². The van der Waals surface area contributed by atoms with Gasteiger partial charge in [-0.15, -0.1) is 0 Å². The molecular formula is C17H25FN4O. The number of carbonyl (C=O) groups excluding carboxylic acids is 1. The molecule has 2 aliphatic rings. The number of benzene rings is 1. The van der Waals surface area contributed by atoms with Gasteiger partial charge in [0.15, 0.2) is 0 Å². The van der Waals surface area contributed by atoms with Gasteiger partial charge in [-0.3, -0.25) is 9.69 Å². The zero-order chi connectivity index (χ0) is 16.2. The molecule has 0 radical (unpaired) electrons. The Morgan fingerprint density at radius 1 is 1.00 bits per heavy atom. The third kappa shape index (κ3) is 4.00. The third-order valence-electron chi connectivity index (χ3n) is 4.78. The van der Waals surface area contributed by atoms with Crippen LogP contribution < -0.4 is 4.90 Å². The molecule has 0 aliphatic carbocycles. The molecule has 0 saturated carbocycles. The summed E-state index contributed by atoms with van der Waals surface area (Å²) in [6.07, 6.45) is 0. The molecule has 1 amide bonds. The van der Waals surface area contributed by atoms with Crippen molar-refractivity contribution in [2.45, 2.75) is 0 Å². The number of hydrogen-bond acceptors (Lipinski definition) is 4. The van der Waals surface area contributed by atoms with Crippen LogP contribution in [0.2, 0.25) is 0 Å². The maximum absolute atomic E-state index is 13.8. The van der Waals surface area contributed by atoms with E-state index in [0.29, 0.717) is 12.2 Å². The van der Waals surface area contributed by atoms with Gasteiger partial charge in [-0.05, 0) is 19.2 Å². The van der Waals surface area contributed by atoms with E-state index in [1.807, 2.05) is 17.0 Å². The number of piperazine rings is 2. The Balaban J connectivity index is 1.48. The highest BCUT2D eigenvalue weighted by Gasteiger charge is 2.24. The minimum Gasteiger partial charge on any atom is -0.367 e. The molecule has 3 rings (SSSR count). The molecule has 23 heavy (non-hydrogen) atoms. The molecule has 0 bridgehead atoms. The molecule has 0 N–H and O–H groups in total. The van der Waals surface area contributed by atoms with Crippen LogP contribution in [0.1, 0.15) is 0 Å². The average molecular weight is 320 g/mol. The molecule has 2 aliphatic heterocycles. The minimum atomic E-state index is -0.172. The fourth-order valence-corrected chi connectivity index (χ4v) is 3.20. The van der Waals surface area contributed by atoms with Crippen LogP contribution >= 0.6 is 0 Å². The summed E-state index contributed by atoms with van der Waals surface area (Å²) >= 11 is 0. The molecule has 0 aromatic heterocycles. The zero-order valence-corrected chi connectivity index (χ0v) is 13.7. The number of likely N-dealkylation sites (N-methyl/N-ethyl adjacent to an activating group) is 1. The second kappa shape index (κ2) is 7.27. The Morgan fingerprint density at radius 3 is 2.30 bits per heavy atom. The van der Waals surface area contributed by atoms with E-state index >= 15 is 0 Å². The standard InChI is InChI=1S/C17H25FN4O/c1-19-6-10-22(11-7-19)17(23)14-20-8-12-21(13-9-20)16-5-3-2-4-15(16)18/h2-5H,6-14H2,1H3. The average Bonchev–Trinajstić information content (AvgIpc) is 2.57. The molecule has 0 spiro atoms. The van der Waals surface area contributed by atoms with Crippen LogP contribution in [0.3, 0.4) is 0 Å². The number of nitrogens with zero attached hydrogens (tertiary/aromatic N) is 4. The van der Waals surface area contributed by atoms with Gasteiger partial charge < -0.3 is 14.7 Å². The first kappa shape index (κ1) is 16.2. The highest BCUT2D eigenvalue weighted by Crippen LogP contribution is 2.20. The van der Waals surface area contributed by atoms with E-state index in [0.717, 1.165) is 52.4 Å². The van der Waals surface area contributed by atoms with Gasteiger partial charge in [-0.25, -0.2) is 4.39 Å². The maximum Gasteiger partial charge on any atom is 0.236 e. The lowest BCUT2D eigenvalue weighted by Gasteiger charge is -2.38. The van der Waals surface area contributed by atoms with E-state index in [2.05, 4.69) is 21.7 Å².